The van der Waals surface area contributed by atoms with Gasteiger partial charge in [-0.05, 0) is 44.4 Å². The first-order chi connectivity index (χ1) is 19.5. The van der Waals surface area contributed by atoms with Gasteiger partial charge in [-0.2, -0.15) is 0 Å². The Morgan fingerprint density at radius 2 is 1.00 bits per heavy atom. The highest BCUT2D eigenvalue weighted by atomic mass is 16.5. The molecule has 0 heterocycles. The molecule has 2 aromatic rings. The number of carbonyl (C=O) groups excluding carboxylic acids is 2. The first-order valence-corrected chi connectivity index (χ1v) is 16.4. The van der Waals surface area contributed by atoms with E-state index in [4.69, 9.17) is 9.47 Å². The van der Waals surface area contributed by atoms with E-state index in [9.17, 15) is 9.59 Å². The van der Waals surface area contributed by atoms with Crippen molar-refractivity contribution in [2.24, 2.45) is 0 Å². The topological polar surface area (TPSA) is 52.6 Å². The zero-order valence-corrected chi connectivity index (χ0v) is 26.1. The smallest absolute Gasteiger partial charge is 0.311 e. The second kappa shape index (κ2) is 20.5. The van der Waals surface area contributed by atoms with E-state index < -0.39 is 0 Å². The zero-order valence-electron chi connectivity index (χ0n) is 26.1. The number of esters is 2. The van der Waals surface area contributed by atoms with E-state index in [-0.39, 0.29) is 11.9 Å². The molecule has 0 saturated carbocycles. The highest BCUT2D eigenvalue weighted by Crippen LogP contribution is 2.37. The number of unbranched alkanes of at least 4 members (excludes halogenated alkanes) is 16. The van der Waals surface area contributed by atoms with Gasteiger partial charge in [-0.25, -0.2) is 0 Å². The van der Waals surface area contributed by atoms with Gasteiger partial charge < -0.3 is 9.47 Å². The molecule has 0 aliphatic heterocycles. The summed E-state index contributed by atoms with van der Waals surface area (Å²) in [5.74, 6) is 0.744. The third kappa shape index (κ3) is 13.3. The molecule has 2 rings (SSSR count). The molecule has 0 aromatic heterocycles. The first-order valence-electron chi connectivity index (χ1n) is 16.4. The van der Waals surface area contributed by atoms with E-state index in [2.05, 4.69) is 13.8 Å². The first kappa shape index (κ1) is 33.8. The van der Waals surface area contributed by atoms with Crippen LogP contribution in [0.4, 0.5) is 0 Å². The Balaban J connectivity index is 1.84. The van der Waals surface area contributed by atoms with Crippen LogP contribution in [0.5, 0.6) is 11.5 Å². The minimum atomic E-state index is -0.195. The number of hydrogen-bond acceptors (Lipinski definition) is 4. The third-order valence-electron chi connectivity index (χ3n) is 7.80. The molecule has 0 spiro atoms. The van der Waals surface area contributed by atoms with Gasteiger partial charge in [-0.3, -0.25) is 9.59 Å². The van der Waals surface area contributed by atoms with Gasteiger partial charge in [0.2, 0.25) is 0 Å². The molecule has 2 aromatic carbocycles. The Bertz CT molecular complexity index is 1010. The summed E-state index contributed by atoms with van der Waals surface area (Å²) in [6, 6.07) is 7.82. The lowest BCUT2D eigenvalue weighted by molar-refractivity contribution is -0.135. The molecule has 4 nitrogen and oxygen atoms in total. The van der Waals surface area contributed by atoms with Crippen LogP contribution in [0.1, 0.15) is 153 Å². The molecular formula is C36H56O4. The van der Waals surface area contributed by atoms with Crippen molar-refractivity contribution in [2.75, 3.05) is 0 Å². The molecule has 0 saturated heterocycles. The zero-order chi connectivity index (χ0) is 29.0. The largest absolute Gasteiger partial charge is 0.426 e. The molecule has 0 aliphatic rings. The van der Waals surface area contributed by atoms with Gasteiger partial charge in [0.05, 0.1) is 0 Å². The maximum Gasteiger partial charge on any atom is 0.311 e. The molecule has 0 radical (unpaired) electrons. The van der Waals surface area contributed by atoms with Gasteiger partial charge >= 0.3 is 11.9 Å². The summed E-state index contributed by atoms with van der Waals surface area (Å²) in [5.41, 5.74) is 1.88. The van der Waals surface area contributed by atoms with Crippen molar-refractivity contribution < 1.29 is 19.1 Å². The van der Waals surface area contributed by atoms with Crippen molar-refractivity contribution in [2.45, 2.75) is 156 Å². The van der Waals surface area contributed by atoms with Crippen LogP contribution < -0.4 is 9.47 Å². The molecule has 0 fully saturated rings. The quantitative estimate of drug-likeness (QED) is 0.0828. The molecule has 0 aliphatic carbocycles. The summed E-state index contributed by atoms with van der Waals surface area (Å²) in [5, 5.41) is 1.63. The fraction of sp³-hybridized carbons (Fsp3) is 0.667. The van der Waals surface area contributed by atoms with Gasteiger partial charge in [0, 0.05) is 23.6 Å². The van der Waals surface area contributed by atoms with E-state index >= 15 is 0 Å². The molecule has 0 bridgehead atoms. The molecule has 0 unspecified atom stereocenters. The maximum absolute atomic E-state index is 12.7. The van der Waals surface area contributed by atoms with E-state index in [1.54, 1.807) is 0 Å². The lowest BCUT2D eigenvalue weighted by Gasteiger charge is -2.15. The van der Waals surface area contributed by atoms with E-state index in [0.29, 0.717) is 24.3 Å². The Kier molecular flexibility index (Phi) is 17.4. The molecular weight excluding hydrogens is 496 g/mol. The van der Waals surface area contributed by atoms with Gasteiger partial charge in [0.1, 0.15) is 11.5 Å². The number of fused-ring (bicyclic) bond motifs is 1. The van der Waals surface area contributed by atoms with Gasteiger partial charge in [-0.1, -0.05) is 134 Å². The molecule has 0 N–H and O–H groups in total. The average Bonchev–Trinajstić information content (AvgIpc) is 2.93. The fourth-order valence-corrected chi connectivity index (χ4v) is 5.33. The second-order valence-electron chi connectivity index (χ2n) is 11.7. The van der Waals surface area contributed by atoms with Gasteiger partial charge in [0.25, 0.3) is 0 Å². The van der Waals surface area contributed by atoms with Gasteiger partial charge in [-0.15, -0.1) is 0 Å². The number of aryl methyl sites for hydroxylation is 2. The van der Waals surface area contributed by atoms with Crippen LogP contribution in [0.25, 0.3) is 10.8 Å². The number of ether oxygens (including phenoxy) is 2. The molecule has 224 valence electrons. The molecule has 4 heteroatoms. The predicted molar refractivity (Wildman–Crippen MR) is 168 cm³/mol. The molecule has 40 heavy (non-hydrogen) atoms. The standard InChI is InChI=1S/C36H56O4/c1-5-7-9-11-13-15-17-19-21-23-34(37)39-33-28-30(4)36(32-27-29(3)25-26-31(32)33)40-35(38)24-22-20-18-16-14-12-10-8-6-2/h25-28H,5-24H2,1-4H3. The van der Waals surface area contributed by atoms with E-state index in [1.807, 2.05) is 38.1 Å². The van der Waals surface area contributed by atoms with Crippen molar-refractivity contribution in [3.05, 3.63) is 35.4 Å². The molecule has 0 atom stereocenters. The van der Waals surface area contributed by atoms with Crippen LogP contribution in [0.2, 0.25) is 0 Å². The van der Waals surface area contributed by atoms with E-state index in [0.717, 1.165) is 47.6 Å². The maximum atomic E-state index is 12.7. The SMILES string of the molecule is CCCCCCCCCCCC(=O)Oc1cc(C)c(OC(=O)CCCCCCCCCCC)c2cc(C)ccc12. The van der Waals surface area contributed by atoms with Gasteiger partial charge in [0.15, 0.2) is 0 Å². The average molecular weight is 553 g/mol. The lowest BCUT2D eigenvalue weighted by atomic mass is 10.0. The van der Waals surface area contributed by atoms with Crippen molar-refractivity contribution in [1.29, 1.82) is 0 Å². The fourth-order valence-electron chi connectivity index (χ4n) is 5.33. The van der Waals surface area contributed by atoms with Crippen LogP contribution in [-0.2, 0) is 9.59 Å². The lowest BCUT2D eigenvalue weighted by Crippen LogP contribution is -2.11. The van der Waals surface area contributed by atoms with E-state index in [1.165, 1.54) is 89.9 Å². The Hall–Kier alpha value is -2.36. The highest BCUT2D eigenvalue weighted by molar-refractivity contribution is 5.97. The number of benzene rings is 2. The second-order valence-corrected chi connectivity index (χ2v) is 11.7. The summed E-state index contributed by atoms with van der Waals surface area (Å²) in [4.78, 5) is 25.4. The van der Waals surface area contributed by atoms with Crippen LogP contribution in [-0.4, -0.2) is 11.9 Å². The third-order valence-corrected chi connectivity index (χ3v) is 7.80. The van der Waals surface area contributed by atoms with Crippen molar-refractivity contribution in [3.8, 4) is 11.5 Å². The number of rotatable bonds is 22. The Labute approximate surface area is 244 Å². The Morgan fingerprint density at radius 1 is 0.550 bits per heavy atom. The van der Waals surface area contributed by atoms with Crippen molar-refractivity contribution >= 4 is 22.7 Å². The van der Waals surface area contributed by atoms with Crippen LogP contribution >= 0.6 is 0 Å². The van der Waals surface area contributed by atoms with Crippen LogP contribution in [0, 0.1) is 13.8 Å². The minimum absolute atomic E-state index is 0.191. The highest BCUT2D eigenvalue weighted by Gasteiger charge is 2.17. The summed E-state index contributed by atoms with van der Waals surface area (Å²) in [6.45, 7) is 8.42. The Morgan fingerprint density at radius 3 is 1.50 bits per heavy atom. The summed E-state index contributed by atoms with van der Waals surface area (Å²) >= 11 is 0. The van der Waals surface area contributed by atoms with Crippen molar-refractivity contribution in [3.63, 3.8) is 0 Å². The number of hydrogen-bond donors (Lipinski definition) is 0. The molecule has 0 amide bonds. The van der Waals surface area contributed by atoms with Crippen LogP contribution in [0.15, 0.2) is 24.3 Å². The number of carbonyl (C=O) groups is 2. The monoisotopic (exact) mass is 552 g/mol. The minimum Gasteiger partial charge on any atom is -0.426 e. The summed E-state index contributed by atoms with van der Waals surface area (Å²) in [6.07, 6.45) is 22.7. The van der Waals surface area contributed by atoms with Crippen LogP contribution in [0.3, 0.4) is 0 Å². The van der Waals surface area contributed by atoms with Crippen molar-refractivity contribution in [1.82, 2.24) is 0 Å². The predicted octanol–water partition coefficient (Wildman–Crippen LogP) is 11.1. The summed E-state index contributed by atoms with van der Waals surface area (Å²) < 4.78 is 11.7. The normalized spacial score (nSPS) is 11.2. The summed E-state index contributed by atoms with van der Waals surface area (Å²) in [7, 11) is 0.